The van der Waals surface area contributed by atoms with Crippen molar-refractivity contribution in [3.05, 3.63) is 0 Å². The molecule has 11 heavy (non-hydrogen) atoms. The molecule has 0 aliphatic heterocycles. The second kappa shape index (κ2) is 3.55. The summed E-state index contributed by atoms with van der Waals surface area (Å²) in [6.45, 7) is 9.36. The van der Waals surface area contributed by atoms with Gasteiger partial charge >= 0.3 is 0 Å². The summed E-state index contributed by atoms with van der Waals surface area (Å²) in [7, 11) is 0. The summed E-state index contributed by atoms with van der Waals surface area (Å²) in [4.78, 5) is 0. The maximum atomic E-state index is 9.12. The first-order valence-corrected chi connectivity index (χ1v) is 4.18. The van der Waals surface area contributed by atoms with Crippen LogP contribution in [0.4, 0.5) is 0 Å². The Hall–Kier alpha value is -0.0800. The van der Waals surface area contributed by atoms with E-state index in [1.54, 1.807) is 0 Å². The van der Waals surface area contributed by atoms with Gasteiger partial charge in [0.1, 0.15) is 0 Å². The zero-order valence-electron chi connectivity index (χ0n) is 8.15. The van der Waals surface area contributed by atoms with E-state index in [9.17, 15) is 0 Å². The van der Waals surface area contributed by atoms with Gasteiger partial charge in [-0.15, -0.1) is 0 Å². The standard InChI is InChI=1S/C9H21NO/c1-8(2,5-6-10)9(3,4)7-11/h11H,5-7,10H2,1-4H3. The van der Waals surface area contributed by atoms with Gasteiger partial charge in [-0.05, 0) is 23.8 Å². The smallest absolute Gasteiger partial charge is 0.0487 e. The molecule has 3 N–H and O–H groups in total. The molecule has 2 heteroatoms. The summed E-state index contributed by atoms with van der Waals surface area (Å²) in [6, 6.07) is 0. The largest absolute Gasteiger partial charge is 0.396 e. The van der Waals surface area contributed by atoms with E-state index in [0.29, 0.717) is 6.54 Å². The number of nitrogens with two attached hydrogens (primary N) is 1. The average molecular weight is 159 g/mol. The molecule has 0 aromatic heterocycles. The first-order chi connectivity index (χ1) is 4.87. The maximum absolute atomic E-state index is 9.12. The quantitative estimate of drug-likeness (QED) is 0.651. The van der Waals surface area contributed by atoms with Crippen molar-refractivity contribution in [2.45, 2.75) is 34.1 Å². The van der Waals surface area contributed by atoms with Crippen LogP contribution in [0.15, 0.2) is 0 Å². The molecule has 0 saturated heterocycles. The highest BCUT2D eigenvalue weighted by atomic mass is 16.3. The molecule has 0 aliphatic carbocycles. The summed E-state index contributed by atoms with van der Waals surface area (Å²) >= 11 is 0. The second-order valence-corrected chi connectivity index (χ2v) is 4.46. The van der Waals surface area contributed by atoms with Gasteiger partial charge in [0.2, 0.25) is 0 Å². The van der Waals surface area contributed by atoms with E-state index in [4.69, 9.17) is 10.8 Å². The molecule has 0 aromatic carbocycles. The van der Waals surface area contributed by atoms with Crippen LogP contribution in [0.5, 0.6) is 0 Å². The molecule has 0 rings (SSSR count). The second-order valence-electron chi connectivity index (χ2n) is 4.46. The molecular formula is C9H21NO. The molecule has 0 fully saturated rings. The summed E-state index contributed by atoms with van der Waals surface area (Å²) in [6.07, 6.45) is 0.959. The van der Waals surface area contributed by atoms with Gasteiger partial charge in [0, 0.05) is 6.61 Å². The van der Waals surface area contributed by atoms with Crippen molar-refractivity contribution in [3.8, 4) is 0 Å². The fourth-order valence-corrected chi connectivity index (χ4v) is 0.913. The van der Waals surface area contributed by atoms with Gasteiger partial charge in [-0.3, -0.25) is 0 Å². The van der Waals surface area contributed by atoms with Crippen LogP contribution in [0, 0.1) is 10.8 Å². The lowest BCUT2D eigenvalue weighted by atomic mass is 9.66. The van der Waals surface area contributed by atoms with Gasteiger partial charge < -0.3 is 10.8 Å². The Morgan fingerprint density at radius 1 is 1.09 bits per heavy atom. The van der Waals surface area contributed by atoms with Crippen LogP contribution in [0.3, 0.4) is 0 Å². The average Bonchev–Trinajstić information content (AvgIpc) is 1.87. The fourth-order valence-electron chi connectivity index (χ4n) is 0.913. The molecule has 0 heterocycles. The molecule has 68 valence electrons. The zero-order chi connectivity index (χ0) is 9.12. The molecule has 0 radical (unpaired) electrons. The highest BCUT2D eigenvalue weighted by Crippen LogP contribution is 2.40. The zero-order valence-corrected chi connectivity index (χ0v) is 8.15. The molecule has 0 aromatic rings. The molecule has 0 amide bonds. The van der Waals surface area contributed by atoms with E-state index in [0.717, 1.165) is 6.42 Å². The minimum atomic E-state index is -0.0353. The third kappa shape index (κ3) is 2.46. The molecule has 0 atom stereocenters. The van der Waals surface area contributed by atoms with E-state index >= 15 is 0 Å². The van der Waals surface area contributed by atoms with Gasteiger partial charge in [0.05, 0.1) is 0 Å². The summed E-state index contributed by atoms with van der Waals surface area (Å²) in [5.41, 5.74) is 5.57. The first-order valence-electron chi connectivity index (χ1n) is 4.18. The topological polar surface area (TPSA) is 46.2 Å². The van der Waals surface area contributed by atoms with Crippen LogP contribution >= 0.6 is 0 Å². The number of hydrogen-bond acceptors (Lipinski definition) is 2. The third-order valence-corrected chi connectivity index (χ3v) is 3.00. The SMILES string of the molecule is CC(C)(CO)C(C)(C)CCN. The number of aliphatic hydroxyl groups is 1. The third-order valence-electron chi connectivity index (χ3n) is 3.00. The molecule has 0 bridgehead atoms. The first kappa shape index (κ1) is 10.9. The van der Waals surface area contributed by atoms with Crippen LogP contribution < -0.4 is 5.73 Å². The van der Waals surface area contributed by atoms with Crippen LogP contribution in [0.1, 0.15) is 34.1 Å². The van der Waals surface area contributed by atoms with Gasteiger partial charge in [-0.25, -0.2) is 0 Å². The van der Waals surface area contributed by atoms with E-state index < -0.39 is 0 Å². The Kier molecular flexibility index (Phi) is 3.52. The van der Waals surface area contributed by atoms with Crippen molar-refractivity contribution in [3.63, 3.8) is 0 Å². The van der Waals surface area contributed by atoms with Gasteiger partial charge in [0.15, 0.2) is 0 Å². The lowest BCUT2D eigenvalue weighted by Crippen LogP contribution is -2.37. The van der Waals surface area contributed by atoms with Gasteiger partial charge in [0.25, 0.3) is 0 Å². The highest BCUT2D eigenvalue weighted by molar-refractivity contribution is 4.85. The molecule has 2 nitrogen and oxygen atoms in total. The summed E-state index contributed by atoms with van der Waals surface area (Å²) < 4.78 is 0. The Balaban J connectivity index is 4.26. The van der Waals surface area contributed by atoms with Crippen molar-refractivity contribution in [1.82, 2.24) is 0 Å². The number of hydrogen-bond donors (Lipinski definition) is 2. The molecular weight excluding hydrogens is 138 g/mol. The molecule has 0 spiro atoms. The van der Waals surface area contributed by atoms with Crippen molar-refractivity contribution >= 4 is 0 Å². The van der Waals surface area contributed by atoms with Crippen molar-refractivity contribution in [1.29, 1.82) is 0 Å². The van der Waals surface area contributed by atoms with Gasteiger partial charge in [-0.2, -0.15) is 0 Å². The molecule has 0 aliphatic rings. The fraction of sp³-hybridized carbons (Fsp3) is 1.00. The van der Waals surface area contributed by atoms with E-state index in [-0.39, 0.29) is 17.4 Å². The minimum Gasteiger partial charge on any atom is -0.396 e. The number of rotatable bonds is 4. The summed E-state index contributed by atoms with van der Waals surface area (Å²) in [5, 5.41) is 9.12. The van der Waals surface area contributed by atoms with Crippen LogP contribution in [-0.4, -0.2) is 18.3 Å². The molecule has 0 unspecified atom stereocenters. The monoisotopic (exact) mass is 159 g/mol. The predicted molar refractivity (Wildman–Crippen MR) is 48.3 cm³/mol. The van der Waals surface area contributed by atoms with Crippen molar-refractivity contribution in [2.75, 3.05) is 13.2 Å². The Bertz CT molecular complexity index is 119. The van der Waals surface area contributed by atoms with E-state index in [1.807, 2.05) is 0 Å². The maximum Gasteiger partial charge on any atom is 0.0487 e. The van der Waals surface area contributed by atoms with Crippen LogP contribution in [-0.2, 0) is 0 Å². The van der Waals surface area contributed by atoms with Crippen molar-refractivity contribution in [2.24, 2.45) is 16.6 Å². The highest BCUT2D eigenvalue weighted by Gasteiger charge is 2.35. The van der Waals surface area contributed by atoms with Crippen molar-refractivity contribution < 1.29 is 5.11 Å². The van der Waals surface area contributed by atoms with E-state index in [1.165, 1.54) is 0 Å². The predicted octanol–water partition coefficient (Wildman–Crippen LogP) is 1.38. The Morgan fingerprint density at radius 2 is 1.55 bits per heavy atom. The van der Waals surface area contributed by atoms with Gasteiger partial charge in [-0.1, -0.05) is 27.7 Å². The summed E-state index contributed by atoms with van der Waals surface area (Å²) in [5.74, 6) is 0. The Morgan fingerprint density at radius 3 is 1.82 bits per heavy atom. The van der Waals surface area contributed by atoms with Crippen LogP contribution in [0.2, 0.25) is 0 Å². The lowest BCUT2D eigenvalue weighted by Gasteiger charge is -2.40. The van der Waals surface area contributed by atoms with Crippen LogP contribution in [0.25, 0.3) is 0 Å². The Labute approximate surface area is 69.8 Å². The molecule has 0 saturated carbocycles. The lowest BCUT2D eigenvalue weighted by molar-refractivity contribution is 0.0322. The number of aliphatic hydroxyl groups excluding tert-OH is 1. The van der Waals surface area contributed by atoms with E-state index in [2.05, 4.69) is 27.7 Å². The normalized spacial score (nSPS) is 13.6. The minimum absolute atomic E-state index is 0.0353.